The highest BCUT2D eigenvalue weighted by Crippen LogP contribution is 2.29. The van der Waals surface area contributed by atoms with Crippen LogP contribution in [0.15, 0.2) is 36.4 Å². The van der Waals surface area contributed by atoms with Gasteiger partial charge in [0.1, 0.15) is 6.54 Å². The number of amides is 1. The first-order chi connectivity index (χ1) is 13.2. The fourth-order valence-corrected chi connectivity index (χ4v) is 3.56. The number of benzene rings is 2. The van der Waals surface area contributed by atoms with Gasteiger partial charge in [0.2, 0.25) is 15.9 Å². The first-order valence-electron chi connectivity index (χ1n) is 8.06. The molecule has 152 valence electrons. The lowest BCUT2D eigenvalue weighted by atomic mass is 10.2. The quantitative estimate of drug-likeness (QED) is 0.673. The van der Waals surface area contributed by atoms with Crippen LogP contribution in [0.2, 0.25) is 10.0 Å². The number of carbonyl (C=O) groups excluding carboxylic acids is 1. The van der Waals surface area contributed by atoms with Crippen LogP contribution in [0.25, 0.3) is 0 Å². The summed E-state index contributed by atoms with van der Waals surface area (Å²) in [5, 5.41) is 3.17. The maximum absolute atomic E-state index is 12.3. The minimum Gasteiger partial charge on any atom is -0.493 e. The molecule has 1 amide bonds. The summed E-state index contributed by atoms with van der Waals surface area (Å²) in [5.41, 5.74) is 1.02. The van der Waals surface area contributed by atoms with Gasteiger partial charge in [-0.1, -0.05) is 29.3 Å². The fourth-order valence-electron chi connectivity index (χ4n) is 2.42. The molecule has 2 aromatic carbocycles. The monoisotopic (exact) mass is 446 g/mol. The first kappa shape index (κ1) is 22.1. The molecule has 0 aliphatic heterocycles. The van der Waals surface area contributed by atoms with Crippen LogP contribution in [0.5, 0.6) is 11.5 Å². The summed E-state index contributed by atoms with van der Waals surface area (Å²) in [7, 11) is -0.666. The smallest absolute Gasteiger partial charge is 0.241 e. The highest BCUT2D eigenvalue weighted by Gasteiger charge is 2.21. The number of hydrogen-bond acceptors (Lipinski definition) is 5. The van der Waals surface area contributed by atoms with Crippen LogP contribution in [0.3, 0.4) is 0 Å². The molecule has 0 aliphatic rings. The minimum atomic E-state index is -3.71. The second kappa shape index (κ2) is 9.36. The Bertz CT molecular complexity index is 966. The Hall–Kier alpha value is -2.16. The maximum Gasteiger partial charge on any atom is 0.241 e. The number of carbonyl (C=O) groups is 1. The van der Waals surface area contributed by atoms with Crippen molar-refractivity contribution in [3.63, 3.8) is 0 Å². The molecule has 10 heteroatoms. The van der Waals surface area contributed by atoms with Crippen molar-refractivity contribution in [3.8, 4) is 11.5 Å². The molecule has 0 atom stereocenters. The molecule has 0 spiro atoms. The molecule has 7 nitrogen and oxygen atoms in total. The maximum atomic E-state index is 12.3. The van der Waals surface area contributed by atoms with Crippen molar-refractivity contribution in [2.45, 2.75) is 6.54 Å². The molecule has 0 saturated heterocycles. The number of anilines is 1. The zero-order valence-electron chi connectivity index (χ0n) is 15.5. The molecular weight excluding hydrogens is 427 g/mol. The number of rotatable bonds is 8. The molecule has 0 bridgehead atoms. The van der Waals surface area contributed by atoms with E-state index in [0.717, 1.165) is 16.1 Å². The summed E-state index contributed by atoms with van der Waals surface area (Å²) >= 11 is 11.8. The van der Waals surface area contributed by atoms with E-state index >= 15 is 0 Å². The van der Waals surface area contributed by atoms with Crippen LogP contribution in [0.4, 0.5) is 5.69 Å². The molecule has 28 heavy (non-hydrogen) atoms. The van der Waals surface area contributed by atoms with Gasteiger partial charge in [0.25, 0.3) is 0 Å². The summed E-state index contributed by atoms with van der Waals surface area (Å²) in [6.45, 7) is -0.206. The van der Waals surface area contributed by atoms with Crippen LogP contribution < -0.4 is 19.1 Å². The van der Waals surface area contributed by atoms with Crippen LogP contribution in [-0.4, -0.2) is 41.3 Å². The van der Waals surface area contributed by atoms with E-state index < -0.39 is 22.5 Å². The van der Waals surface area contributed by atoms with Crippen molar-refractivity contribution in [3.05, 3.63) is 52.0 Å². The van der Waals surface area contributed by atoms with Gasteiger partial charge >= 0.3 is 0 Å². The zero-order valence-corrected chi connectivity index (χ0v) is 17.9. The third kappa shape index (κ3) is 5.67. The van der Waals surface area contributed by atoms with Gasteiger partial charge in [-0.2, -0.15) is 0 Å². The van der Waals surface area contributed by atoms with E-state index in [1.165, 1.54) is 32.4 Å². The highest BCUT2D eigenvalue weighted by molar-refractivity contribution is 7.92. The van der Waals surface area contributed by atoms with Gasteiger partial charge in [-0.25, -0.2) is 8.42 Å². The number of sulfonamides is 1. The van der Waals surface area contributed by atoms with Gasteiger partial charge in [0, 0.05) is 6.54 Å². The number of ether oxygens (including phenoxy) is 2. The van der Waals surface area contributed by atoms with Crippen molar-refractivity contribution < 1.29 is 22.7 Å². The van der Waals surface area contributed by atoms with E-state index in [1.807, 2.05) is 0 Å². The number of hydrogen-bond donors (Lipinski definition) is 1. The Morgan fingerprint density at radius 2 is 1.71 bits per heavy atom. The Morgan fingerprint density at radius 1 is 1.04 bits per heavy atom. The van der Waals surface area contributed by atoms with Crippen LogP contribution in [-0.2, 0) is 21.4 Å². The molecule has 0 aliphatic carbocycles. The third-order valence-corrected chi connectivity index (χ3v) is 5.70. The van der Waals surface area contributed by atoms with Gasteiger partial charge in [-0.3, -0.25) is 9.10 Å². The number of nitrogens with zero attached hydrogens (tertiary/aromatic N) is 1. The predicted octanol–water partition coefficient (Wildman–Crippen LogP) is 3.09. The molecule has 0 saturated carbocycles. The highest BCUT2D eigenvalue weighted by atomic mass is 35.5. The molecule has 0 fully saturated rings. The average molecular weight is 447 g/mol. The largest absolute Gasteiger partial charge is 0.493 e. The lowest BCUT2D eigenvalue weighted by Gasteiger charge is -2.22. The topological polar surface area (TPSA) is 84.9 Å². The van der Waals surface area contributed by atoms with Crippen LogP contribution >= 0.6 is 23.2 Å². The van der Waals surface area contributed by atoms with Crippen LogP contribution in [0, 0.1) is 0 Å². The lowest BCUT2D eigenvalue weighted by molar-refractivity contribution is -0.119. The Kier molecular flexibility index (Phi) is 7.40. The van der Waals surface area contributed by atoms with Crippen molar-refractivity contribution >= 4 is 44.8 Å². The Balaban J connectivity index is 2.11. The van der Waals surface area contributed by atoms with E-state index in [4.69, 9.17) is 32.7 Å². The van der Waals surface area contributed by atoms with E-state index in [-0.39, 0.29) is 22.3 Å². The van der Waals surface area contributed by atoms with E-state index in [2.05, 4.69) is 5.32 Å². The van der Waals surface area contributed by atoms with E-state index in [1.54, 1.807) is 18.2 Å². The fraction of sp³-hybridized carbons (Fsp3) is 0.278. The summed E-state index contributed by atoms with van der Waals surface area (Å²) in [4.78, 5) is 12.3. The average Bonchev–Trinajstić information content (AvgIpc) is 2.65. The second-order valence-electron chi connectivity index (χ2n) is 5.83. The van der Waals surface area contributed by atoms with Crippen molar-refractivity contribution in [1.82, 2.24) is 5.32 Å². The normalized spacial score (nSPS) is 11.0. The lowest BCUT2D eigenvalue weighted by Crippen LogP contribution is -2.40. The first-order valence-corrected chi connectivity index (χ1v) is 10.7. The Morgan fingerprint density at radius 3 is 2.29 bits per heavy atom. The van der Waals surface area contributed by atoms with Gasteiger partial charge in [0.05, 0.1) is 36.2 Å². The van der Waals surface area contributed by atoms with E-state index in [9.17, 15) is 13.2 Å². The molecule has 2 rings (SSSR count). The molecular formula is C18H20Cl2N2O5S. The van der Waals surface area contributed by atoms with Gasteiger partial charge in [-0.15, -0.1) is 0 Å². The van der Waals surface area contributed by atoms with E-state index in [0.29, 0.717) is 11.5 Å². The van der Waals surface area contributed by atoms with Crippen LogP contribution in [0.1, 0.15) is 5.56 Å². The SMILES string of the molecule is COc1ccc(CNC(=O)CN(c2ccc(Cl)c(Cl)c2)S(C)(=O)=O)cc1OC. The van der Waals surface area contributed by atoms with Gasteiger partial charge < -0.3 is 14.8 Å². The summed E-state index contributed by atoms with van der Waals surface area (Å²) in [5.74, 6) is 0.620. The predicted molar refractivity (Wildman–Crippen MR) is 110 cm³/mol. The minimum absolute atomic E-state index is 0.193. The molecule has 0 aromatic heterocycles. The van der Waals surface area contributed by atoms with Gasteiger partial charge in [0.15, 0.2) is 11.5 Å². The molecule has 0 radical (unpaired) electrons. The molecule has 1 N–H and O–H groups in total. The standard InChI is InChI=1S/C18H20Cl2N2O5S/c1-26-16-7-4-12(8-17(16)27-2)10-21-18(23)11-22(28(3,24)25)13-5-6-14(19)15(20)9-13/h4-9H,10-11H2,1-3H3,(H,21,23). The molecule has 0 unspecified atom stereocenters. The third-order valence-electron chi connectivity index (χ3n) is 3.82. The summed E-state index contributed by atoms with van der Waals surface area (Å²) in [6.07, 6.45) is 1.01. The van der Waals surface area contributed by atoms with Gasteiger partial charge in [-0.05, 0) is 35.9 Å². The number of methoxy groups -OCH3 is 2. The van der Waals surface area contributed by atoms with Crippen molar-refractivity contribution in [2.24, 2.45) is 0 Å². The van der Waals surface area contributed by atoms with Crippen molar-refractivity contribution in [1.29, 1.82) is 0 Å². The van der Waals surface area contributed by atoms with Crippen molar-refractivity contribution in [2.75, 3.05) is 31.3 Å². The zero-order chi connectivity index (χ0) is 20.9. The number of nitrogens with one attached hydrogen (secondary N) is 1. The molecule has 0 heterocycles. The second-order valence-corrected chi connectivity index (χ2v) is 8.56. The molecule has 2 aromatic rings. The summed E-state index contributed by atoms with van der Waals surface area (Å²) in [6, 6.07) is 9.57. The Labute approximate surface area is 174 Å². The summed E-state index contributed by atoms with van der Waals surface area (Å²) < 4.78 is 35.6. The number of halogens is 2.